The van der Waals surface area contributed by atoms with Crippen molar-refractivity contribution in [3.8, 4) is 0 Å². The summed E-state index contributed by atoms with van der Waals surface area (Å²) in [6.07, 6.45) is 5.32. The molecule has 0 spiro atoms. The summed E-state index contributed by atoms with van der Waals surface area (Å²) in [6, 6.07) is 14.3. The molecule has 1 aromatic heterocycles. The summed E-state index contributed by atoms with van der Waals surface area (Å²) >= 11 is 1.90. The van der Waals surface area contributed by atoms with E-state index in [1.165, 1.54) is 37.1 Å². The van der Waals surface area contributed by atoms with Crippen LogP contribution in [-0.2, 0) is 19.4 Å². The molecule has 1 nitrogen and oxygen atoms in total. The lowest BCUT2D eigenvalue weighted by Crippen LogP contribution is -2.45. The minimum Gasteiger partial charge on any atom is -0.295 e. The molecule has 104 valence electrons. The summed E-state index contributed by atoms with van der Waals surface area (Å²) in [6.45, 7) is 2.44. The molecule has 0 saturated carbocycles. The third kappa shape index (κ3) is 2.43. The number of rotatable bonds is 2. The Labute approximate surface area is 125 Å². The Hall–Kier alpha value is -1.12. The van der Waals surface area contributed by atoms with Gasteiger partial charge in [-0.3, -0.25) is 4.90 Å². The van der Waals surface area contributed by atoms with Crippen molar-refractivity contribution in [2.75, 3.05) is 6.54 Å². The standard InChI is InChI=1S/C18H21NS/c1-2-5-16-11-17-8-7-14(10-15(16)4-1)12-19(17)13-18-6-3-9-20-18/h1-6,9,14,17H,7-8,10-13H2/t14-,17-/m1/s1. The quantitative estimate of drug-likeness (QED) is 0.801. The van der Waals surface area contributed by atoms with Gasteiger partial charge in [0, 0.05) is 24.0 Å². The van der Waals surface area contributed by atoms with Crippen LogP contribution in [0.4, 0.5) is 0 Å². The molecule has 1 fully saturated rings. The average Bonchev–Trinajstić information content (AvgIpc) is 2.93. The minimum absolute atomic E-state index is 0.745. The molecular formula is C18H21NS. The molecule has 0 unspecified atom stereocenters. The number of piperidine rings is 1. The fourth-order valence-corrected chi connectivity index (χ4v) is 4.63. The number of hydrogen-bond acceptors (Lipinski definition) is 2. The number of benzene rings is 1. The van der Waals surface area contributed by atoms with Crippen molar-refractivity contribution in [2.24, 2.45) is 5.92 Å². The Balaban J connectivity index is 1.60. The van der Waals surface area contributed by atoms with Gasteiger partial charge in [0.1, 0.15) is 0 Å². The minimum atomic E-state index is 0.745. The predicted octanol–water partition coefficient (Wildman–Crippen LogP) is 4.13. The van der Waals surface area contributed by atoms with Crippen LogP contribution in [0.1, 0.15) is 28.8 Å². The molecule has 0 N–H and O–H groups in total. The van der Waals surface area contributed by atoms with Crippen LogP contribution in [-0.4, -0.2) is 17.5 Å². The normalized spacial score (nSPS) is 26.0. The molecule has 0 radical (unpaired) electrons. The van der Waals surface area contributed by atoms with E-state index in [0.717, 1.165) is 18.5 Å². The monoisotopic (exact) mass is 283 g/mol. The van der Waals surface area contributed by atoms with E-state index < -0.39 is 0 Å². The van der Waals surface area contributed by atoms with Gasteiger partial charge >= 0.3 is 0 Å². The van der Waals surface area contributed by atoms with Crippen molar-refractivity contribution >= 4 is 11.3 Å². The molecule has 2 aromatic rings. The van der Waals surface area contributed by atoms with Gasteiger partial charge in [-0.05, 0) is 54.2 Å². The molecule has 1 aromatic carbocycles. The first-order valence-corrected chi connectivity index (χ1v) is 8.59. The van der Waals surface area contributed by atoms with E-state index in [-0.39, 0.29) is 0 Å². The van der Waals surface area contributed by atoms with Gasteiger partial charge in [0.05, 0.1) is 0 Å². The molecule has 0 amide bonds. The smallest absolute Gasteiger partial charge is 0.0331 e. The first-order chi connectivity index (χ1) is 9.88. The summed E-state index contributed by atoms with van der Waals surface area (Å²) in [5.41, 5.74) is 3.20. The maximum atomic E-state index is 2.75. The molecule has 3 aliphatic rings. The number of nitrogens with zero attached hydrogens (tertiary/aromatic N) is 1. The number of hydrogen-bond donors (Lipinski definition) is 0. The Morgan fingerprint density at radius 1 is 1.00 bits per heavy atom. The third-order valence-corrected chi connectivity index (χ3v) is 5.80. The molecule has 2 bridgehead atoms. The summed E-state index contributed by atoms with van der Waals surface area (Å²) in [7, 11) is 0. The van der Waals surface area contributed by atoms with Gasteiger partial charge in [-0.25, -0.2) is 0 Å². The van der Waals surface area contributed by atoms with E-state index in [9.17, 15) is 0 Å². The zero-order valence-electron chi connectivity index (χ0n) is 11.8. The highest BCUT2D eigenvalue weighted by Gasteiger charge is 2.31. The van der Waals surface area contributed by atoms with Gasteiger partial charge in [-0.1, -0.05) is 30.3 Å². The third-order valence-electron chi connectivity index (χ3n) is 4.94. The van der Waals surface area contributed by atoms with E-state index in [1.54, 1.807) is 11.1 Å². The van der Waals surface area contributed by atoms with Crippen LogP contribution >= 0.6 is 11.3 Å². The van der Waals surface area contributed by atoms with Gasteiger partial charge in [-0.15, -0.1) is 11.3 Å². The highest BCUT2D eigenvalue weighted by atomic mass is 32.1. The highest BCUT2D eigenvalue weighted by Crippen LogP contribution is 2.33. The Kier molecular flexibility index (Phi) is 3.37. The molecular weight excluding hydrogens is 262 g/mol. The van der Waals surface area contributed by atoms with Crippen molar-refractivity contribution in [1.29, 1.82) is 0 Å². The van der Waals surface area contributed by atoms with Crippen LogP contribution in [0.15, 0.2) is 41.8 Å². The first-order valence-electron chi connectivity index (χ1n) is 7.72. The van der Waals surface area contributed by atoms with Crippen molar-refractivity contribution in [3.63, 3.8) is 0 Å². The summed E-state index contributed by atoms with van der Waals surface area (Å²) < 4.78 is 0. The lowest BCUT2D eigenvalue weighted by molar-refractivity contribution is 0.0948. The van der Waals surface area contributed by atoms with E-state index in [4.69, 9.17) is 0 Å². The number of fused-ring (bicyclic) bond motifs is 2. The van der Waals surface area contributed by atoms with E-state index in [1.807, 2.05) is 11.3 Å². The fraction of sp³-hybridized carbons (Fsp3) is 0.444. The number of thiophene rings is 1. The molecule has 5 rings (SSSR count). The molecule has 2 aliphatic heterocycles. The zero-order chi connectivity index (χ0) is 13.4. The highest BCUT2D eigenvalue weighted by molar-refractivity contribution is 7.09. The molecule has 2 heteroatoms. The van der Waals surface area contributed by atoms with Crippen molar-refractivity contribution < 1.29 is 0 Å². The summed E-state index contributed by atoms with van der Waals surface area (Å²) in [5.74, 6) is 0.854. The second-order valence-corrected chi connectivity index (χ2v) is 7.32. The maximum absolute atomic E-state index is 2.75. The van der Waals surface area contributed by atoms with E-state index >= 15 is 0 Å². The molecule has 2 atom stereocenters. The van der Waals surface area contributed by atoms with Crippen LogP contribution in [0, 0.1) is 5.92 Å². The van der Waals surface area contributed by atoms with Gasteiger partial charge < -0.3 is 0 Å². The van der Waals surface area contributed by atoms with Crippen LogP contribution in [0.25, 0.3) is 0 Å². The van der Waals surface area contributed by atoms with E-state index in [2.05, 4.69) is 46.7 Å². The van der Waals surface area contributed by atoms with Gasteiger partial charge in [-0.2, -0.15) is 0 Å². The van der Waals surface area contributed by atoms with Crippen molar-refractivity contribution in [3.05, 3.63) is 57.8 Å². The average molecular weight is 283 g/mol. The summed E-state index contributed by atoms with van der Waals surface area (Å²) in [4.78, 5) is 4.26. The van der Waals surface area contributed by atoms with Gasteiger partial charge in [0.2, 0.25) is 0 Å². The topological polar surface area (TPSA) is 3.24 Å². The van der Waals surface area contributed by atoms with Crippen molar-refractivity contribution in [2.45, 2.75) is 38.3 Å². The molecule has 20 heavy (non-hydrogen) atoms. The predicted molar refractivity (Wildman–Crippen MR) is 85.1 cm³/mol. The van der Waals surface area contributed by atoms with Crippen molar-refractivity contribution in [1.82, 2.24) is 4.90 Å². The SMILES string of the molecule is c1csc(CN2C[C@@H]3CC[C@@H]2Cc2ccccc2C3)c1. The van der Waals surface area contributed by atoms with E-state index in [0.29, 0.717) is 0 Å². The first kappa shape index (κ1) is 12.6. The van der Waals surface area contributed by atoms with Crippen LogP contribution in [0.5, 0.6) is 0 Å². The van der Waals surface area contributed by atoms with Crippen LogP contribution in [0.2, 0.25) is 0 Å². The Morgan fingerprint density at radius 3 is 2.65 bits per heavy atom. The lowest BCUT2D eigenvalue weighted by atomic mass is 9.80. The maximum Gasteiger partial charge on any atom is 0.0331 e. The Bertz CT molecular complexity index is 575. The molecule has 1 aliphatic carbocycles. The summed E-state index contributed by atoms with van der Waals surface area (Å²) in [5, 5.41) is 2.20. The lowest BCUT2D eigenvalue weighted by Gasteiger charge is -2.42. The largest absolute Gasteiger partial charge is 0.295 e. The molecule has 3 heterocycles. The van der Waals surface area contributed by atoms with Gasteiger partial charge in [0.25, 0.3) is 0 Å². The van der Waals surface area contributed by atoms with Gasteiger partial charge in [0.15, 0.2) is 0 Å². The van der Waals surface area contributed by atoms with Crippen LogP contribution < -0.4 is 0 Å². The Morgan fingerprint density at radius 2 is 1.85 bits per heavy atom. The fourth-order valence-electron chi connectivity index (χ4n) is 3.90. The molecule has 1 saturated heterocycles. The zero-order valence-corrected chi connectivity index (χ0v) is 12.6. The second-order valence-electron chi connectivity index (χ2n) is 6.28. The second kappa shape index (κ2) is 5.34. The van der Waals surface area contributed by atoms with Crippen LogP contribution in [0.3, 0.4) is 0 Å².